The first kappa shape index (κ1) is 14.0. The third-order valence-electron chi connectivity index (χ3n) is 2.65. The Morgan fingerprint density at radius 2 is 2.26 bits per heavy atom. The summed E-state index contributed by atoms with van der Waals surface area (Å²) >= 11 is 1.60. The highest BCUT2D eigenvalue weighted by molar-refractivity contribution is 7.07. The summed E-state index contributed by atoms with van der Waals surface area (Å²) in [6.07, 6.45) is 1.93. The van der Waals surface area contributed by atoms with Crippen molar-refractivity contribution in [3.05, 3.63) is 22.5 Å². The maximum atomic E-state index is 5.55. The van der Waals surface area contributed by atoms with Gasteiger partial charge in [-0.2, -0.15) is 0 Å². The molecule has 1 atom stereocenters. The molecule has 7 heteroatoms. The molecule has 0 amide bonds. The number of aromatic nitrogens is 3. The zero-order valence-corrected chi connectivity index (χ0v) is 12.0. The summed E-state index contributed by atoms with van der Waals surface area (Å²) in [5.41, 5.74) is 2.91. The first-order valence-corrected chi connectivity index (χ1v) is 7.41. The zero-order valence-electron chi connectivity index (χ0n) is 11.2. The van der Waals surface area contributed by atoms with E-state index in [2.05, 4.69) is 32.7 Å². The van der Waals surface area contributed by atoms with Crippen molar-refractivity contribution in [2.75, 3.05) is 18.4 Å². The van der Waals surface area contributed by atoms with Crippen LogP contribution in [0.5, 0.6) is 0 Å². The fourth-order valence-corrected chi connectivity index (χ4v) is 2.18. The average Bonchev–Trinajstić information content (AvgIpc) is 3.07. The Hall–Kier alpha value is -1.47. The summed E-state index contributed by atoms with van der Waals surface area (Å²) in [4.78, 5) is 4.22. The predicted molar refractivity (Wildman–Crippen MR) is 75.3 cm³/mol. The fourth-order valence-electron chi connectivity index (χ4n) is 1.59. The van der Waals surface area contributed by atoms with Gasteiger partial charge in [-0.15, -0.1) is 16.4 Å². The molecule has 104 valence electrons. The lowest BCUT2D eigenvalue weighted by atomic mass is 10.3. The standard InChI is InChI=1S/C12H19N5OS/c1-3-5-13-9(2)11-16-17-12(18-11)14-6-4-10-7-19-8-15-10/h7-9,13H,3-6H2,1-2H3,(H,14,17). The second kappa shape index (κ2) is 7.20. The molecule has 2 aromatic heterocycles. The summed E-state index contributed by atoms with van der Waals surface area (Å²) in [7, 11) is 0. The van der Waals surface area contributed by atoms with Gasteiger partial charge in [-0.3, -0.25) is 0 Å². The molecule has 19 heavy (non-hydrogen) atoms. The van der Waals surface area contributed by atoms with Crippen LogP contribution in [0.15, 0.2) is 15.3 Å². The molecule has 0 aliphatic heterocycles. The second-order valence-electron chi connectivity index (χ2n) is 4.28. The van der Waals surface area contributed by atoms with Gasteiger partial charge in [0.15, 0.2) is 0 Å². The summed E-state index contributed by atoms with van der Waals surface area (Å²) in [5.74, 6) is 0.615. The number of thiazole rings is 1. The highest BCUT2D eigenvalue weighted by atomic mass is 32.1. The molecular weight excluding hydrogens is 262 g/mol. The predicted octanol–water partition coefficient (Wildman–Crippen LogP) is 2.24. The van der Waals surface area contributed by atoms with Crippen molar-refractivity contribution < 1.29 is 4.42 Å². The molecule has 0 spiro atoms. The Labute approximate surface area is 116 Å². The van der Waals surface area contributed by atoms with Gasteiger partial charge in [0.1, 0.15) is 0 Å². The molecule has 0 aliphatic rings. The monoisotopic (exact) mass is 281 g/mol. The van der Waals surface area contributed by atoms with Crippen LogP contribution in [0.1, 0.15) is 37.9 Å². The van der Waals surface area contributed by atoms with Crippen LogP contribution in [0, 0.1) is 0 Å². The SMILES string of the molecule is CCCNC(C)c1nnc(NCCc2cscn2)o1. The van der Waals surface area contributed by atoms with Gasteiger partial charge in [0, 0.05) is 18.3 Å². The van der Waals surface area contributed by atoms with Gasteiger partial charge >= 0.3 is 6.01 Å². The maximum absolute atomic E-state index is 5.55. The highest BCUT2D eigenvalue weighted by Gasteiger charge is 2.12. The number of rotatable bonds is 8. The first-order chi connectivity index (χ1) is 9.29. The van der Waals surface area contributed by atoms with Crippen LogP contribution in [0.25, 0.3) is 0 Å². The van der Waals surface area contributed by atoms with Gasteiger partial charge < -0.3 is 15.1 Å². The molecule has 2 rings (SSSR count). The molecule has 2 heterocycles. The largest absolute Gasteiger partial charge is 0.406 e. The van der Waals surface area contributed by atoms with E-state index < -0.39 is 0 Å². The van der Waals surface area contributed by atoms with E-state index in [1.807, 2.05) is 17.8 Å². The Morgan fingerprint density at radius 3 is 3.00 bits per heavy atom. The average molecular weight is 281 g/mol. The normalized spacial score (nSPS) is 12.5. The van der Waals surface area contributed by atoms with Gasteiger partial charge in [-0.05, 0) is 19.9 Å². The van der Waals surface area contributed by atoms with Crippen LogP contribution in [0.3, 0.4) is 0 Å². The van der Waals surface area contributed by atoms with E-state index in [4.69, 9.17) is 4.42 Å². The Morgan fingerprint density at radius 1 is 1.37 bits per heavy atom. The van der Waals surface area contributed by atoms with Crippen LogP contribution in [0.4, 0.5) is 6.01 Å². The molecule has 1 unspecified atom stereocenters. The smallest absolute Gasteiger partial charge is 0.315 e. The molecule has 0 aromatic carbocycles. The molecular formula is C12H19N5OS. The third-order valence-corrected chi connectivity index (χ3v) is 3.29. The summed E-state index contributed by atoms with van der Waals surface area (Å²) in [6, 6.07) is 0.553. The number of hydrogen-bond acceptors (Lipinski definition) is 7. The summed E-state index contributed by atoms with van der Waals surface area (Å²) < 4.78 is 5.55. The van der Waals surface area contributed by atoms with Crippen molar-refractivity contribution in [3.63, 3.8) is 0 Å². The molecule has 6 nitrogen and oxygen atoms in total. The highest BCUT2D eigenvalue weighted by Crippen LogP contribution is 2.13. The van der Waals surface area contributed by atoms with Crippen molar-refractivity contribution >= 4 is 17.4 Å². The van der Waals surface area contributed by atoms with E-state index in [1.54, 1.807) is 11.3 Å². The Balaban J connectivity index is 1.77. The third kappa shape index (κ3) is 4.29. The van der Waals surface area contributed by atoms with E-state index in [-0.39, 0.29) is 6.04 Å². The number of anilines is 1. The van der Waals surface area contributed by atoms with E-state index >= 15 is 0 Å². The molecule has 2 N–H and O–H groups in total. The van der Waals surface area contributed by atoms with Crippen molar-refractivity contribution in [1.29, 1.82) is 0 Å². The van der Waals surface area contributed by atoms with Crippen molar-refractivity contribution in [3.8, 4) is 0 Å². The lowest BCUT2D eigenvalue weighted by Gasteiger charge is -2.07. The quantitative estimate of drug-likeness (QED) is 0.773. The zero-order chi connectivity index (χ0) is 13.5. The lowest BCUT2D eigenvalue weighted by Crippen LogP contribution is -2.19. The van der Waals surface area contributed by atoms with Crippen LogP contribution in [-0.4, -0.2) is 28.3 Å². The van der Waals surface area contributed by atoms with E-state index in [0.29, 0.717) is 11.9 Å². The molecule has 0 saturated carbocycles. The number of nitrogens with one attached hydrogen (secondary N) is 2. The number of hydrogen-bond donors (Lipinski definition) is 2. The molecule has 0 aliphatic carbocycles. The van der Waals surface area contributed by atoms with Crippen LogP contribution < -0.4 is 10.6 Å². The molecule has 0 saturated heterocycles. The maximum Gasteiger partial charge on any atom is 0.315 e. The van der Waals surface area contributed by atoms with Crippen LogP contribution in [-0.2, 0) is 6.42 Å². The van der Waals surface area contributed by atoms with E-state index in [0.717, 1.165) is 31.6 Å². The van der Waals surface area contributed by atoms with Gasteiger partial charge in [-0.1, -0.05) is 12.0 Å². The lowest BCUT2D eigenvalue weighted by molar-refractivity contribution is 0.423. The first-order valence-electron chi connectivity index (χ1n) is 6.47. The van der Waals surface area contributed by atoms with Crippen LogP contribution >= 0.6 is 11.3 Å². The summed E-state index contributed by atoms with van der Waals surface area (Å²) in [5, 5.41) is 16.5. The minimum Gasteiger partial charge on any atom is -0.406 e. The van der Waals surface area contributed by atoms with Crippen molar-refractivity contribution in [1.82, 2.24) is 20.5 Å². The van der Waals surface area contributed by atoms with E-state index in [9.17, 15) is 0 Å². The minimum absolute atomic E-state index is 0.0848. The summed E-state index contributed by atoms with van der Waals surface area (Å²) in [6.45, 7) is 5.82. The second-order valence-corrected chi connectivity index (χ2v) is 5.00. The van der Waals surface area contributed by atoms with Gasteiger partial charge in [0.25, 0.3) is 0 Å². The number of nitrogens with zero attached hydrogens (tertiary/aromatic N) is 3. The Bertz CT molecular complexity index is 470. The minimum atomic E-state index is 0.0848. The van der Waals surface area contributed by atoms with Gasteiger partial charge in [0.2, 0.25) is 5.89 Å². The Kier molecular flexibility index (Phi) is 5.29. The fraction of sp³-hybridized carbons (Fsp3) is 0.583. The molecule has 2 aromatic rings. The van der Waals surface area contributed by atoms with Crippen molar-refractivity contribution in [2.45, 2.75) is 32.7 Å². The van der Waals surface area contributed by atoms with Crippen LogP contribution in [0.2, 0.25) is 0 Å². The van der Waals surface area contributed by atoms with Gasteiger partial charge in [0.05, 0.1) is 17.2 Å². The molecule has 0 bridgehead atoms. The molecule has 0 radical (unpaired) electrons. The van der Waals surface area contributed by atoms with Crippen molar-refractivity contribution in [2.24, 2.45) is 0 Å². The molecule has 0 fully saturated rings. The van der Waals surface area contributed by atoms with E-state index in [1.165, 1.54) is 0 Å². The van der Waals surface area contributed by atoms with Gasteiger partial charge in [-0.25, -0.2) is 4.98 Å². The topological polar surface area (TPSA) is 75.9 Å².